The lowest BCUT2D eigenvalue weighted by atomic mass is 10.1. The number of hydrogen-bond donors (Lipinski definition) is 1. The van der Waals surface area contributed by atoms with Crippen LogP contribution in [0.2, 0.25) is 0 Å². The van der Waals surface area contributed by atoms with Gasteiger partial charge in [0.1, 0.15) is 0 Å². The van der Waals surface area contributed by atoms with Gasteiger partial charge in [0.15, 0.2) is 0 Å². The predicted molar refractivity (Wildman–Crippen MR) is 82.8 cm³/mol. The molecule has 1 atom stereocenters. The first kappa shape index (κ1) is 15.0. The summed E-state index contributed by atoms with van der Waals surface area (Å²) >= 11 is 0. The monoisotopic (exact) mass is 274 g/mol. The lowest BCUT2D eigenvalue weighted by Crippen LogP contribution is -2.47. The average molecular weight is 274 g/mol. The molecule has 1 aliphatic rings. The summed E-state index contributed by atoms with van der Waals surface area (Å²) in [6, 6.07) is 8.36. The van der Waals surface area contributed by atoms with E-state index in [0.29, 0.717) is 0 Å². The first-order valence-electron chi connectivity index (χ1n) is 7.75. The zero-order valence-corrected chi connectivity index (χ0v) is 12.7. The van der Waals surface area contributed by atoms with Crippen molar-refractivity contribution in [3.05, 3.63) is 35.4 Å². The van der Waals surface area contributed by atoms with E-state index in [4.69, 9.17) is 0 Å². The Labute approximate surface area is 122 Å². The van der Waals surface area contributed by atoms with Gasteiger partial charge >= 0.3 is 0 Å². The van der Waals surface area contributed by atoms with Crippen molar-refractivity contribution in [2.24, 2.45) is 0 Å². The number of likely N-dealkylation sites (tertiary alicyclic amines) is 1. The molecule has 110 valence electrons. The van der Waals surface area contributed by atoms with E-state index in [9.17, 15) is 4.79 Å². The van der Waals surface area contributed by atoms with E-state index in [-0.39, 0.29) is 11.9 Å². The third-order valence-electron chi connectivity index (χ3n) is 4.14. The molecule has 0 saturated carbocycles. The van der Waals surface area contributed by atoms with Crippen molar-refractivity contribution in [1.82, 2.24) is 10.2 Å². The molecular formula is C17H26N2O. The van der Waals surface area contributed by atoms with Crippen molar-refractivity contribution in [3.8, 4) is 0 Å². The third kappa shape index (κ3) is 4.07. The Hall–Kier alpha value is -1.35. The number of nitrogens with zero attached hydrogens (tertiary/aromatic N) is 1. The summed E-state index contributed by atoms with van der Waals surface area (Å²) in [4.78, 5) is 14.3. The second-order valence-corrected chi connectivity index (χ2v) is 5.74. The molecule has 1 aliphatic heterocycles. The van der Waals surface area contributed by atoms with E-state index in [1.807, 2.05) is 11.8 Å². The second kappa shape index (κ2) is 7.44. The van der Waals surface area contributed by atoms with Crippen LogP contribution in [-0.2, 0) is 11.2 Å². The lowest BCUT2D eigenvalue weighted by Gasteiger charge is -2.29. The second-order valence-electron chi connectivity index (χ2n) is 5.74. The van der Waals surface area contributed by atoms with Crippen LogP contribution < -0.4 is 5.32 Å². The number of aryl methyl sites for hydroxylation is 1. The minimum atomic E-state index is -0.0721. The van der Waals surface area contributed by atoms with Gasteiger partial charge in [0, 0.05) is 13.1 Å². The van der Waals surface area contributed by atoms with Crippen LogP contribution in [0.5, 0.6) is 0 Å². The number of hydrogen-bond acceptors (Lipinski definition) is 2. The van der Waals surface area contributed by atoms with Crippen molar-refractivity contribution >= 4 is 5.91 Å². The SMILES string of the molecule is Cc1ccccc1CCNC(C)C(=O)N1CCCCC1. The topological polar surface area (TPSA) is 32.3 Å². The number of amides is 1. The molecule has 1 saturated heterocycles. The maximum atomic E-state index is 12.3. The molecule has 20 heavy (non-hydrogen) atoms. The Morgan fingerprint density at radius 1 is 1.25 bits per heavy atom. The minimum Gasteiger partial charge on any atom is -0.341 e. The molecule has 0 aliphatic carbocycles. The molecule has 2 rings (SSSR count). The molecule has 1 unspecified atom stereocenters. The van der Waals surface area contributed by atoms with Crippen molar-refractivity contribution < 1.29 is 4.79 Å². The summed E-state index contributed by atoms with van der Waals surface area (Å²) in [5, 5.41) is 3.36. The minimum absolute atomic E-state index is 0.0721. The Kier molecular flexibility index (Phi) is 5.60. The van der Waals surface area contributed by atoms with Gasteiger partial charge in [0.25, 0.3) is 0 Å². The van der Waals surface area contributed by atoms with E-state index >= 15 is 0 Å². The van der Waals surface area contributed by atoms with Crippen LogP contribution in [0.15, 0.2) is 24.3 Å². The molecule has 1 amide bonds. The molecule has 3 heteroatoms. The summed E-state index contributed by atoms with van der Waals surface area (Å²) in [5.41, 5.74) is 2.68. The van der Waals surface area contributed by atoms with Crippen LogP contribution in [0.1, 0.15) is 37.3 Å². The predicted octanol–water partition coefficient (Wildman–Crippen LogP) is 2.53. The molecule has 3 nitrogen and oxygen atoms in total. The summed E-state index contributed by atoms with van der Waals surface area (Å²) in [6.07, 6.45) is 4.55. The molecule has 1 fully saturated rings. The number of carbonyl (C=O) groups is 1. The van der Waals surface area contributed by atoms with Crippen LogP contribution in [0, 0.1) is 6.92 Å². The zero-order valence-electron chi connectivity index (χ0n) is 12.7. The number of carbonyl (C=O) groups excluding carboxylic acids is 1. The summed E-state index contributed by atoms with van der Waals surface area (Å²) in [6.45, 7) is 6.84. The number of rotatable bonds is 5. The van der Waals surface area contributed by atoms with Crippen molar-refractivity contribution in [1.29, 1.82) is 0 Å². The highest BCUT2D eigenvalue weighted by Crippen LogP contribution is 2.10. The van der Waals surface area contributed by atoms with Crippen LogP contribution in [0.25, 0.3) is 0 Å². The number of nitrogens with one attached hydrogen (secondary N) is 1. The van der Waals surface area contributed by atoms with Gasteiger partial charge in [-0.15, -0.1) is 0 Å². The molecule has 1 aromatic rings. The zero-order chi connectivity index (χ0) is 14.4. The molecule has 0 aromatic heterocycles. The van der Waals surface area contributed by atoms with Gasteiger partial charge in [-0.2, -0.15) is 0 Å². The first-order chi connectivity index (χ1) is 9.68. The van der Waals surface area contributed by atoms with Gasteiger partial charge in [0.2, 0.25) is 5.91 Å². The fraction of sp³-hybridized carbons (Fsp3) is 0.588. The normalized spacial score (nSPS) is 17.0. The number of benzene rings is 1. The Morgan fingerprint density at radius 3 is 2.65 bits per heavy atom. The standard InChI is InChI=1S/C17H26N2O/c1-14-8-4-5-9-16(14)10-11-18-15(2)17(20)19-12-6-3-7-13-19/h4-5,8-9,15,18H,3,6-7,10-13H2,1-2H3. The summed E-state index contributed by atoms with van der Waals surface area (Å²) in [5.74, 6) is 0.259. The Bertz CT molecular complexity index is 438. The average Bonchev–Trinajstić information content (AvgIpc) is 2.49. The van der Waals surface area contributed by atoms with Gasteiger partial charge in [-0.25, -0.2) is 0 Å². The molecule has 1 heterocycles. The van der Waals surface area contributed by atoms with E-state index in [2.05, 4.69) is 36.5 Å². The lowest BCUT2D eigenvalue weighted by molar-refractivity contribution is -0.133. The number of piperidine rings is 1. The van der Waals surface area contributed by atoms with E-state index < -0.39 is 0 Å². The van der Waals surface area contributed by atoms with Crippen molar-refractivity contribution in [2.45, 2.75) is 45.6 Å². The Morgan fingerprint density at radius 2 is 1.95 bits per heavy atom. The Balaban J connectivity index is 1.75. The molecule has 1 N–H and O–H groups in total. The van der Waals surface area contributed by atoms with Gasteiger partial charge in [-0.05, 0) is 57.2 Å². The summed E-state index contributed by atoms with van der Waals surface area (Å²) < 4.78 is 0. The third-order valence-corrected chi connectivity index (χ3v) is 4.14. The highest BCUT2D eigenvalue weighted by atomic mass is 16.2. The van der Waals surface area contributed by atoms with Crippen LogP contribution in [0.3, 0.4) is 0 Å². The highest BCUT2D eigenvalue weighted by Gasteiger charge is 2.21. The van der Waals surface area contributed by atoms with Gasteiger partial charge in [0.05, 0.1) is 6.04 Å². The quantitative estimate of drug-likeness (QED) is 0.895. The fourth-order valence-corrected chi connectivity index (χ4v) is 2.79. The van der Waals surface area contributed by atoms with Crippen molar-refractivity contribution in [2.75, 3.05) is 19.6 Å². The van der Waals surface area contributed by atoms with E-state index in [0.717, 1.165) is 38.9 Å². The smallest absolute Gasteiger partial charge is 0.239 e. The van der Waals surface area contributed by atoms with Gasteiger partial charge < -0.3 is 10.2 Å². The molecule has 0 radical (unpaired) electrons. The first-order valence-corrected chi connectivity index (χ1v) is 7.75. The molecule has 0 bridgehead atoms. The fourth-order valence-electron chi connectivity index (χ4n) is 2.79. The van der Waals surface area contributed by atoms with Crippen LogP contribution in [-0.4, -0.2) is 36.5 Å². The molecular weight excluding hydrogens is 248 g/mol. The van der Waals surface area contributed by atoms with Crippen molar-refractivity contribution in [3.63, 3.8) is 0 Å². The molecule has 0 spiro atoms. The largest absolute Gasteiger partial charge is 0.341 e. The molecule has 1 aromatic carbocycles. The van der Waals surface area contributed by atoms with Gasteiger partial charge in [-0.3, -0.25) is 4.79 Å². The maximum absolute atomic E-state index is 12.3. The summed E-state index contributed by atoms with van der Waals surface area (Å²) in [7, 11) is 0. The van der Waals surface area contributed by atoms with Gasteiger partial charge in [-0.1, -0.05) is 24.3 Å². The van der Waals surface area contributed by atoms with Crippen LogP contribution >= 0.6 is 0 Å². The van der Waals surface area contributed by atoms with E-state index in [1.165, 1.54) is 17.5 Å². The van der Waals surface area contributed by atoms with E-state index in [1.54, 1.807) is 0 Å². The van der Waals surface area contributed by atoms with Crippen LogP contribution in [0.4, 0.5) is 0 Å². The highest BCUT2D eigenvalue weighted by molar-refractivity contribution is 5.81. The maximum Gasteiger partial charge on any atom is 0.239 e.